The van der Waals surface area contributed by atoms with Crippen LogP contribution in [-0.4, -0.2) is 58.4 Å². The van der Waals surface area contributed by atoms with E-state index in [2.05, 4.69) is 38.8 Å². The molecule has 1 amide bonds. The van der Waals surface area contributed by atoms with Gasteiger partial charge in [-0.1, -0.05) is 37.6 Å². The third-order valence-corrected chi connectivity index (χ3v) is 5.07. The molecule has 150 valence electrons. The summed E-state index contributed by atoms with van der Waals surface area (Å²) in [6.45, 7) is 7.60. The van der Waals surface area contributed by atoms with E-state index in [0.29, 0.717) is 12.2 Å². The number of carbonyl (C=O) groups excluding carboxylic acids is 1. The molecule has 1 aromatic carbocycles. The summed E-state index contributed by atoms with van der Waals surface area (Å²) in [6, 6.07) is 9.81. The second-order valence-electron chi connectivity index (χ2n) is 7.37. The number of aryl methyl sites for hydroxylation is 1. The summed E-state index contributed by atoms with van der Waals surface area (Å²) in [4.78, 5) is 34.9. The molecule has 0 saturated carbocycles. The summed E-state index contributed by atoms with van der Waals surface area (Å²) >= 11 is 0. The Labute approximate surface area is 165 Å². The highest BCUT2D eigenvalue weighted by Gasteiger charge is 2.17. The number of carbonyl (C=O) groups is 1. The number of aromatic amines is 1. The number of hydrogen-bond donors (Lipinski definition) is 2. The van der Waals surface area contributed by atoms with Crippen molar-refractivity contribution >= 4 is 5.91 Å². The van der Waals surface area contributed by atoms with E-state index in [1.165, 1.54) is 5.56 Å². The first kappa shape index (κ1) is 20.2. The average molecular weight is 383 g/mol. The van der Waals surface area contributed by atoms with E-state index in [1.807, 2.05) is 12.1 Å². The van der Waals surface area contributed by atoms with Crippen molar-refractivity contribution in [3.63, 3.8) is 0 Å². The van der Waals surface area contributed by atoms with E-state index in [9.17, 15) is 9.59 Å². The Morgan fingerprint density at radius 2 is 1.82 bits per heavy atom. The number of amides is 1. The molecule has 1 saturated heterocycles. The van der Waals surface area contributed by atoms with Gasteiger partial charge in [0.1, 0.15) is 5.82 Å². The number of nitrogens with one attached hydrogen (secondary N) is 1. The third-order valence-electron chi connectivity index (χ3n) is 5.07. The number of benzene rings is 1. The van der Waals surface area contributed by atoms with Crippen LogP contribution in [0.1, 0.15) is 31.0 Å². The topological polar surface area (TPSA) is 95.3 Å². The maximum atomic E-state index is 11.9. The molecule has 0 unspecified atom stereocenters. The van der Waals surface area contributed by atoms with Crippen molar-refractivity contribution in [2.75, 3.05) is 32.7 Å². The normalized spacial score (nSPS) is 15.6. The van der Waals surface area contributed by atoms with E-state index in [-0.39, 0.29) is 11.5 Å². The van der Waals surface area contributed by atoms with Gasteiger partial charge >= 0.3 is 0 Å². The Kier molecular flexibility index (Phi) is 6.95. The monoisotopic (exact) mass is 383 g/mol. The van der Waals surface area contributed by atoms with Crippen molar-refractivity contribution in [1.29, 1.82) is 0 Å². The first-order valence-corrected chi connectivity index (χ1v) is 9.96. The minimum absolute atomic E-state index is 0.105. The molecule has 2 heterocycles. The summed E-state index contributed by atoms with van der Waals surface area (Å²) in [6.07, 6.45) is 2.20. The molecule has 1 aliphatic rings. The molecule has 3 rings (SSSR count). The Balaban J connectivity index is 1.57. The molecule has 7 heteroatoms. The molecule has 0 atom stereocenters. The fourth-order valence-corrected chi connectivity index (χ4v) is 3.49. The fourth-order valence-electron chi connectivity index (χ4n) is 3.49. The molecule has 7 nitrogen and oxygen atoms in total. The minimum atomic E-state index is -0.237. The van der Waals surface area contributed by atoms with Gasteiger partial charge in [-0.25, -0.2) is 4.98 Å². The SMILES string of the molecule is CCCc1cc(=O)[nH]c(-c2ccc(CN3CCN(CCC(N)=O)CC3)cc2)n1. The number of hydrogen-bond acceptors (Lipinski definition) is 5. The smallest absolute Gasteiger partial charge is 0.251 e. The van der Waals surface area contributed by atoms with Crippen LogP contribution in [0, 0.1) is 0 Å². The van der Waals surface area contributed by atoms with Crippen LogP contribution in [0.2, 0.25) is 0 Å². The quantitative estimate of drug-likeness (QED) is 0.718. The highest BCUT2D eigenvalue weighted by atomic mass is 16.1. The van der Waals surface area contributed by atoms with E-state index < -0.39 is 0 Å². The molecular weight excluding hydrogens is 354 g/mol. The van der Waals surface area contributed by atoms with E-state index in [4.69, 9.17) is 5.73 Å². The summed E-state index contributed by atoms with van der Waals surface area (Å²) < 4.78 is 0. The first-order valence-electron chi connectivity index (χ1n) is 9.96. The number of nitrogens with two attached hydrogens (primary N) is 1. The first-order chi connectivity index (χ1) is 13.5. The van der Waals surface area contributed by atoms with E-state index in [0.717, 1.165) is 63.4 Å². The summed E-state index contributed by atoms with van der Waals surface area (Å²) in [5.74, 6) is 0.393. The summed E-state index contributed by atoms with van der Waals surface area (Å²) in [5, 5.41) is 0. The van der Waals surface area contributed by atoms with Crippen molar-refractivity contribution in [2.45, 2.75) is 32.7 Å². The van der Waals surface area contributed by atoms with Gasteiger partial charge in [0.15, 0.2) is 0 Å². The predicted octanol–water partition coefficient (Wildman–Crippen LogP) is 1.38. The van der Waals surface area contributed by atoms with Crippen molar-refractivity contribution in [3.8, 4) is 11.4 Å². The van der Waals surface area contributed by atoms with Crippen LogP contribution in [0.4, 0.5) is 0 Å². The maximum absolute atomic E-state index is 11.9. The lowest BCUT2D eigenvalue weighted by Crippen LogP contribution is -2.46. The Morgan fingerprint density at radius 3 is 2.46 bits per heavy atom. The van der Waals surface area contributed by atoms with Gasteiger partial charge in [0, 0.05) is 63.0 Å². The number of aromatic nitrogens is 2. The number of H-pyrrole nitrogens is 1. The molecule has 0 aliphatic carbocycles. The Morgan fingerprint density at radius 1 is 1.14 bits per heavy atom. The van der Waals surface area contributed by atoms with Crippen LogP contribution in [0.25, 0.3) is 11.4 Å². The minimum Gasteiger partial charge on any atom is -0.370 e. The lowest BCUT2D eigenvalue weighted by atomic mass is 10.1. The highest BCUT2D eigenvalue weighted by Crippen LogP contribution is 2.17. The summed E-state index contributed by atoms with van der Waals surface area (Å²) in [7, 11) is 0. The zero-order chi connectivity index (χ0) is 19.9. The zero-order valence-corrected chi connectivity index (χ0v) is 16.5. The average Bonchev–Trinajstić information content (AvgIpc) is 2.68. The Bertz CT molecular complexity index is 839. The molecule has 1 fully saturated rings. The fraction of sp³-hybridized carbons (Fsp3) is 0.476. The lowest BCUT2D eigenvalue weighted by molar-refractivity contribution is -0.118. The number of primary amides is 1. The molecule has 0 spiro atoms. The largest absolute Gasteiger partial charge is 0.370 e. The third kappa shape index (κ3) is 5.74. The van der Waals surface area contributed by atoms with Gasteiger partial charge in [-0.05, 0) is 12.0 Å². The van der Waals surface area contributed by atoms with Gasteiger partial charge in [0.2, 0.25) is 5.91 Å². The number of nitrogens with zero attached hydrogens (tertiary/aromatic N) is 3. The molecular formula is C21H29N5O2. The predicted molar refractivity (Wildman–Crippen MR) is 110 cm³/mol. The van der Waals surface area contributed by atoms with Gasteiger partial charge in [0.25, 0.3) is 5.56 Å². The number of piperazine rings is 1. The van der Waals surface area contributed by atoms with Crippen molar-refractivity contribution in [1.82, 2.24) is 19.8 Å². The van der Waals surface area contributed by atoms with Crippen molar-refractivity contribution in [2.24, 2.45) is 5.73 Å². The molecule has 0 radical (unpaired) electrons. The van der Waals surface area contributed by atoms with Crippen LogP contribution in [0.3, 0.4) is 0 Å². The van der Waals surface area contributed by atoms with Gasteiger partial charge in [0.05, 0.1) is 0 Å². The van der Waals surface area contributed by atoms with E-state index >= 15 is 0 Å². The molecule has 1 aliphatic heterocycles. The molecule has 2 aromatic rings. The number of rotatable bonds is 8. The van der Waals surface area contributed by atoms with Crippen LogP contribution in [0.5, 0.6) is 0 Å². The van der Waals surface area contributed by atoms with Gasteiger partial charge in [-0.2, -0.15) is 0 Å². The van der Waals surface area contributed by atoms with Crippen molar-refractivity contribution in [3.05, 3.63) is 51.9 Å². The van der Waals surface area contributed by atoms with E-state index in [1.54, 1.807) is 6.07 Å². The molecule has 3 N–H and O–H groups in total. The van der Waals surface area contributed by atoms with Gasteiger partial charge < -0.3 is 15.6 Å². The molecule has 28 heavy (non-hydrogen) atoms. The van der Waals surface area contributed by atoms with Crippen LogP contribution in [-0.2, 0) is 17.8 Å². The van der Waals surface area contributed by atoms with Crippen LogP contribution >= 0.6 is 0 Å². The lowest BCUT2D eigenvalue weighted by Gasteiger charge is -2.34. The zero-order valence-electron chi connectivity index (χ0n) is 16.5. The van der Waals surface area contributed by atoms with Gasteiger partial charge in [-0.3, -0.25) is 14.5 Å². The van der Waals surface area contributed by atoms with Crippen LogP contribution in [0.15, 0.2) is 35.1 Å². The molecule has 1 aromatic heterocycles. The van der Waals surface area contributed by atoms with Crippen molar-refractivity contribution < 1.29 is 4.79 Å². The summed E-state index contributed by atoms with van der Waals surface area (Å²) in [5.41, 5.74) is 8.12. The van der Waals surface area contributed by atoms with Crippen LogP contribution < -0.4 is 11.3 Å². The molecule has 0 bridgehead atoms. The highest BCUT2D eigenvalue weighted by molar-refractivity contribution is 5.73. The standard InChI is InChI=1S/C21H29N5O2/c1-2-3-18-14-20(28)24-21(23-18)17-6-4-16(5-7-17)15-26-12-10-25(11-13-26)9-8-19(22)27/h4-7,14H,2-3,8-13,15H2,1H3,(H2,22,27)(H,23,24,28). The Hall–Kier alpha value is -2.51. The second-order valence-corrected chi connectivity index (χ2v) is 7.37. The second kappa shape index (κ2) is 9.61. The van der Waals surface area contributed by atoms with Gasteiger partial charge in [-0.15, -0.1) is 0 Å². The maximum Gasteiger partial charge on any atom is 0.251 e.